The molecule has 5 nitrogen and oxygen atoms in total. The first-order chi connectivity index (χ1) is 11.4. The third kappa shape index (κ3) is 5.70. The Morgan fingerprint density at radius 2 is 1.79 bits per heavy atom. The summed E-state index contributed by atoms with van der Waals surface area (Å²) in [6.07, 6.45) is 1.77. The summed E-state index contributed by atoms with van der Waals surface area (Å²) in [5, 5.41) is 14.6. The van der Waals surface area contributed by atoms with Gasteiger partial charge in [0.05, 0.1) is 15.9 Å². The average Bonchev–Trinajstić information content (AvgIpc) is 2.54. The van der Waals surface area contributed by atoms with E-state index in [1.807, 2.05) is 0 Å². The molecule has 0 heterocycles. The van der Waals surface area contributed by atoms with Crippen LogP contribution in [0.15, 0.2) is 58.6 Å². The standard InChI is InChI=1S/C18H20N2O3S/c1-14-4-10-17(11-5-14)24-18(2,3)13-19-23-12-15-6-8-16(9-7-15)20(21)22/h4-11,13H,12H2,1-3H3. The van der Waals surface area contributed by atoms with Crippen LogP contribution in [0.2, 0.25) is 0 Å². The second-order valence-corrected chi connectivity index (χ2v) is 7.68. The van der Waals surface area contributed by atoms with E-state index < -0.39 is 4.92 Å². The first-order valence-corrected chi connectivity index (χ1v) is 8.33. The average molecular weight is 344 g/mol. The van der Waals surface area contributed by atoms with E-state index in [1.165, 1.54) is 22.6 Å². The van der Waals surface area contributed by atoms with Gasteiger partial charge in [0.25, 0.3) is 5.69 Å². The zero-order valence-electron chi connectivity index (χ0n) is 13.9. The van der Waals surface area contributed by atoms with E-state index in [2.05, 4.69) is 50.2 Å². The number of non-ortho nitro benzene ring substituents is 1. The van der Waals surface area contributed by atoms with Crippen LogP contribution in [-0.2, 0) is 11.4 Å². The molecular weight excluding hydrogens is 324 g/mol. The summed E-state index contributed by atoms with van der Waals surface area (Å²) in [6.45, 7) is 6.47. The minimum Gasteiger partial charge on any atom is -0.391 e. The van der Waals surface area contributed by atoms with Gasteiger partial charge in [-0.3, -0.25) is 10.1 Å². The van der Waals surface area contributed by atoms with E-state index in [1.54, 1.807) is 30.1 Å². The lowest BCUT2D eigenvalue weighted by Gasteiger charge is -2.18. The maximum atomic E-state index is 10.6. The lowest BCUT2D eigenvalue weighted by molar-refractivity contribution is -0.384. The number of nitro benzene ring substituents is 1. The largest absolute Gasteiger partial charge is 0.391 e. The summed E-state index contributed by atoms with van der Waals surface area (Å²) in [5.41, 5.74) is 2.14. The van der Waals surface area contributed by atoms with E-state index in [-0.39, 0.29) is 17.0 Å². The Morgan fingerprint density at radius 3 is 2.38 bits per heavy atom. The fourth-order valence-corrected chi connectivity index (χ4v) is 2.90. The Morgan fingerprint density at radius 1 is 1.17 bits per heavy atom. The number of oxime groups is 1. The van der Waals surface area contributed by atoms with Crippen molar-refractivity contribution in [3.8, 4) is 0 Å². The quantitative estimate of drug-likeness (QED) is 0.308. The molecule has 0 saturated carbocycles. The van der Waals surface area contributed by atoms with Gasteiger partial charge in [0.2, 0.25) is 0 Å². The molecule has 0 aromatic heterocycles. The molecule has 2 aromatic carbocycles. The summed E-state index contributed by atoms with van der Waals surface area (Å²) in [7, 11) is 0. The lowest BCUT2D eigenvalue weighted by Crippen LogP contribution is -2.16. The van der Waals surface area contributed by atoms with Gasteiger partial charge in [0.15, 0.2) is 0 Å². The number of hydrogen-bond acceptors (Lipinski definition) is 5. The monoisotopic (exact) mass is 344 g/mol. The number of hydrogen-bond donors (Lipinski definition) is 0. The molecule has 0 bridgehead atoms. The Labute approximate surface area is 145 Å². The highest BCUT2D eigenvalue weighted by Crippen LogP contribution is 2.31. The molecule has 0 radical (unpaired) electrons. The molecule has 0 saturated heterocycles. The fraction of sp³-hybridized carbons (Fsp3) is 0.278. The van der Waals surface area contributed by atoms with Gasteiger partial charge in [-0.15, -0.1) is 11.8 Å². The zero-order valence-corrected chi connectivity index (χ0v) is 14.7. The van der Waals surface area contributed by atoms with Crippen molar-refractivity contribution in [2.45, 2.75) is 37.0 Å². The van der Waals surface area contributed by atoms with E-state index in [4.69, 9.17) is 4.84 Å². The second-order valence-electron chi connectivity index (χ2n) is 5.95. The first kappa shape index (κ1) is 18.0. The molecule has 0 N–H and O–H groups in total. The summed E-state index contributed by atoms with van der Waals surface area (Å²) in [4.78, 5) is 16.6. The molecule has 2 rings (SSSR count). The van der Waals surface area contributed by atoms with Crippen LogP contribution >= 0.6 is 11.8 Å². The van der Waals surface area contributed by atoms with Crippen molar-refractivity contribution >= 4 is 23.7 Å². The molecule has 0 unspecified atom stereocenters. The van der Waals surface area contributed by atoms with E-state index >= 15 is 0 Å². The van der Waals surface area contributed by atoms with Crippen LogP contribution < -0.4 is 0 Å². The number of rotatable bonds is 7. The van der Waals surface area contributed by atoms with Crippen LogP contribution in [-0.4, -0.2) is 15.9 Å². The van der Waals surface area contributed by atoms with Crippen LogP contribution in [0.1, 0.15) is 25.0 Å². The summed E-state index contributed by atoms with van der Waals surface area (Å²) >= 11 is 1.70. The highest BCUT2D eigenvalue weighted by molar-refractivity contribution is 8.01. The Bertz CT molecular complexity index is 710. The normalized spacial score (nSPS) is 11.6. The van der Waals surface area contributed by atoms with Gasteiger partial charge in [-0.1, -0.05) is 22.9 Å². The van der Waals surface area contributed by atoms with Crippen molar-refractivity contribution in [3.05, 3.63) is 69.8 Å². The Kier molecular flexibility index (Phi) is 5.98. The van der Waals surface area contributed by atoms with Crippen molar-refractivity contribution in [1.29, 1.82) is 0 Å². The van der Waals surface area contributed by atoms with Crippen molar-refractivity contribution < 1.29 is 9.76 Å². The van der Waals surface area contributed by atoms with Crippen LogP contribution in [0.3, 0.4) is 0 Å². The third-order valence-corrected chi connectivity index (χ3v) is 4.36. The van der Waals surface area contributed by atoms with Crippen LogP contribution in [0.25, 0.3) is 0 Å². The van der Waals surface area contributed by atoms with E-state index in [9.17, 15) is 10.1 Å². The van der Waals surface area contributed by atoms with E-state index in [0.717, 1.165) is 5.56 Å². The van der Waals surface area contributed by atoms with Crippen LogP contribution in [0.5, 0.6) is 0 Å². The summed E-state index contributed by atoms with van der Waals surface area (Å²) in [5.74, 6) is 0. The smallest absolute Gasteiger partial charge is 0.269 e. The lowest BCUT2D eigenvalue weighted by atomic mass is 10.2. The molecular formula is C18H20N2O3S. The molecule has 0 aliphatic heterocycles. The summed E-state index contributed by atoms with van der Waals surface area (Å²) < 4.78 is -0.204. The molecule has 2 aromatic rings. The number of aryl methyl sites for hydroxylation is 1. The molecule has 0 atom stereocenters. The van der Waals surface area contributed by atoms with Crippen LogP contribution in [0, 0.1) is 17.0 Å². The Hall–Kier alpha value is -2.34. The highest BCUT2D eigenvalue weighted by Gasteiger charge is 2.17. The molecule has 0 amide bonds. The van der Waals surface area contributed by atoms with Crippen molar-refractivity contribution in [3.63, 3.8) is 0 Å². The predicted molar refractivity (Wildman–Crippen MR) is 97.5 cm³/mol. The maximum Gasteiger partial charge on any atom is 0.269 e. The molecule has 24 heavy (non-hydrogen) atoms. The maximum absolute atomic E-state index is 10.6. The zero-order chi connectivity index (χ0) is 17.6. The van der Waals surface area contributed by atoms with Gasteiger partial charge in [0, 0.05) is 17.0 Å². The molecule has 0 fully saturated rings. The SMILES string of the molecule is Cc1ccc(SC(C)(C)C=NOCc2ccc([N+](=O)[O-])cc2)cc1. The van der Waals surface area contributed by atoms with Gasteiger partial charge in [0.1, 0.15) is 6.61 Å². The van der Waals surface area contributed by atoms with Crippen molar-refractivity contribution in [2.24, 2.45) is 5.16 Å². The molecule has 6 heteroatoms. The highest BCUT2D eigenvalue weighted by atomic mass is 32.2. The summed E-state index contributed by atoms with van der Waals surface area (Å²) in [6, 6.07) is 14.6. The first-order valence-electron chi connectivity index (χ1n) is 7.51. The van der Waals surface area contributed by atoms with Crippen LogP contribution in [0.4, 0.5) is 5.69 Å². The van der Waals surface area contributed by atoms with Gasteiger partial charge < -0.3 is 4.84 Å². The minimum absolute atomic E-state index is 0.0675. The van der Waals surface area contributed by atoms with Gasteiger partial charge >= 0.3 is 0 Å². The number of benzene rings is 2. The molecule has 0 aliphatic carbocycles. The number of nitrogens with zero attached hydrogens (tertiary/aromatic N) is 2. The second kappa shape index (κ2) is 7.97. The molecule has 126 valence electrons. The minimum atomic E-state index is -0.423. The fourth-order valence-electron chi connectivity index (χ4n) is 1.93. The number of nitro groups is 1. The van der Waals surface area contributed by atoms with Crippen molar-refractivity contribution in [1.82, 2.24) is 0 Å². The number of thioether (sulfide) groups is 1. The van der Waals surface area contributed by atoms with Gasteiger partial charge in [-0.05, 0) is 50.6 Å². The molecule has 0 spiro atoms. The predicted octanol–water partition coefficient (Wildman–Crippen LogP) is 4.98. The van der Waals surface area contributed by atoms with Crippen molar-refractivity contribution in [2.75, 3.05) is 0 Å². The third-order valence-electron chi connectivity index (χ3n) is 3.22. The topological polar surface area (TPSA) is 64.7 Å². The Balaban J connectivity index is 1.85. The van der Waals surface area contributed by atoms with Gasteiger partial charge in [-0.25, -0.2) is 0 Å². The van der Waals surface area contributed by atoms with Gasteiger partial charge in [-0.2, -0.15) is 0 Å². The van der Waals surface area contributed by atoms with E-state index in [0.29, 0.717) is 0 Å². The molecule has 0 aliphatic rings.